The summed E-state index contributed by atoms with van der Waals surface area (Å²) in [5.74, 6) is -0.186. The van der Waals surface area contributed by atoms with Crippen LogP contribution in [0.5, 0.6) is 0 Å². The van der Waals surface area contributed by atoms with E-state index in [-0.39, 0.29) is 46.4 Å². The lowest BCUT2D eigenvalue weighted by molar-refractivity contribution is -0.0408. The minimum Gasteiger partial charge on any atom is -0.367 e. The first kappa shape index (κ1) is 24.9. The molecule has 3 aromatic rings. The van der Waals surface area contributed by atoms with Crippen LogP contribution in [0.3, 0.4) is 0 Å². The molecule has 3 heterocycles. The molecule has 1 spiro atoms. The van der Waals surface area contributed by atoms with Crippen LogP contribution in [0.2, 0.25) is 0 Å². The normalized spacial score (nSPS) is 23.2. The maximum atomic E-state index is 14.0. The highest BCUT2D eigenvalue weighted by molar-refractivity contribution is 6.21. The van der Waals surface area contributed by atoms with Gasteiger partial charge in [-0.2, -0.15) is 4.39 Å². The van der Waals surface area contributed by atoms with E-state index in [4.69, 9.17) is 0 Å². The number of carbonyl (C=O) groups is 3. The van der Waals surface area contributed by atoms with Crippen molar-refractivity contribution >= 4 is 35.2 Å². The minimum atomic E-state index is -0.678. The van der Waals surface area contributed by atoms with Gasteiger partial charge in [0.25, 0.3) is 17.7 Å². The number of nitrogens with zero attached hydrogens (tertiary/aromatic N) is 5. The van der Waals surface area contributed by atoms with Crippen LogP contribution >= 0.6 is 0 Å². The van der Waals surface area contributed by atoms with E-state index in [0.29, 0.717) is 23.5 Å². The van der Waals surface area contributed by atoms with Gasteiger partial charge in [0.2, 0.25) is 5.95 Å². The van der Waals surface area contributed by atoms with E-state index in [2.05, 4.69) is 25.8 Å². The molecule has 3 aliphatic rings. The second kappa shape index (κ2) is 9.40. The molecular weight excluding hydrogens is 501 g/mol. The zero-order valence-corrected chi connectivity index (χ0v) is 21.6. The topological polar surface area (TPSA) is 120 Å². The van der Waals surface area contributed by atoms with Gasteiger partial charge in [0, 0.05) is 26.7 Å². The molecule has 0 radical (unpaired) electrons. The van der Waals surface area contributed by atoms with E-state index >= 15 is 0 Å². The maximum absolute atomic E-state index is 14.0. The molecule has 0 unspecified atom stereocenters. The highest BCUT2D eigenvalue weighted by Gasteiger charge is 2.54. The number of pyridine rings is 1. The number of fused-ring (bicyclic) bond motifs is 1. The number of aromatic nitrogens is 3. The van der Waals surface area contributed by atoms with Gasteiger partial charge in [-0.1, -0.05) is 12.1 Å². The van der Waals surface area contributed by atoms with Crippen molar-refractivity contribution in [2.24, 2.45) is 11.3 Å². The highest BCUT2D eigenvalue weighted by atomic mass is 19.1. The molecule has 0 atom stereocenters. The number of anilines is 3. The summed E-state index contributed by atoms with van der Waals surface area (Å²) < 4.78 is 14.0. The summed E-state index contributed by atoms with van der Waals surface area (Å²) in [5.41, 5.74) is 1.31. The third-order valence-electron chi connectivity index (χ3n) is 7.92. The number of carbonyl (C=O) groups excluding carboxylic acids is 3. The molecule has 2 saturated carbocycles. The first-order valence-electron chi connectivity index (χ1n) is 12.9. The molecule has 2 aromatic heterocycles. The highest BCUT2D eigenvalue weighted by Crippen LogP contribution is 2.59. The zero-order valence-electron chi connectivity index (χ0n) is 21.6. The molecule has 11 heteroatoms. The van der Waals surface area contributed by atoms with Gasteiger partial charge in [0.05, 0.1) is 16.7 Å². The molecule has 0 saturated heterocycles. The van der Waals surface area contributed by atoms with Gasteiger partial charge < -0.3 is 15.5 Å². The summed E-state index contributed by atoms with van der Waals surface area (Å²) in [5, 5.41) is 14.0. The quantitative estimate of drug-likeness (QED) is 0.352. The van der Waals surface area contributed by atoms with Crippen LogP contribution in [0, 0.1) is 17.3 Å². The lowest BCUT2D eigenvalue weighted by atomic mass is 9.50. The average Bonchev–Trinajstić information content (AvgIpc) is 3.11. The summed E-state index contributed by atoms with van der Waals surface area (Å²) in [4.78, 5) is 45.4. The average molecular weight is 530 g/mol. The fourth-order valence-electron chi connectivity index (χ4n) is 6.11. The number of hydrogen-bond acceptors (Lipinski definition) is 8. The third kappa shape index (κ3) is 4.58. The lowest BCUT2D eigenvalue weighted by Crippen LogP contribution is -2.55. The van der Waals surface area contributed by atoms with Crippen LogP contribution in [-0.2, 0) is 0 Å². The number of nitrogens with one attached hydrogen (secondary N) is 2. The molecular formula is C28H28FN7O3. The van der Waals surface area contributed by atoms with Gasteiger partial charge in [0.15, 0.2) is 11.6 Å². The van der Waals surface area contributed by atoms with Crippen molar-refractivity contribution in [3.8, 4) is 0 Å². The second-order valence-corrected chi connectivity index (χ2v) is 10.9. The van der Waals surface area contributed by atoms with E-state index in [1.165, 1.54) is 11.0 Å². The van der Waals surface area contributed by atoms with Crippen LogP contribution in [-0.4, -0.2) is 64.5 Å². The van der Waals surface area contributed by atoms with Gasteiger partial charge >= 0.3 is 0 Å². The second-order valence-electron chi connectivity index (χ2n) is 10.9. The Morgan fingerprint density at radius 1 is 1.00 bits per heavy atom. The number of rotatable bonds is 7. The van der Waals surface area contributed by atoms with Crippen LogP contribution in [0.4, 0.5) is 21.8 Å². The first-order valence-corrected chi connectivity index (χ1v) is 12.9. The predicted octanol–water partition coefficient (Wildman–Crippen LogP) is 3.60. The molecule has 2 aliphatic carbocycles. The molecule has 3 amide bonds. The van der Waals surface area contributed by atoms with Gasteiger partial charge in [0.1, 0.15) is 5.82 Å². The number of halogens is 1. The molecule has 6 rings (SSSR count). The Morgan fingerprint density at radius 3 is 2.31 bits per heavy atom. The molecule has 10 nitrogen and oxygen atoms in total. The fourth-order valence-corrected chi connectivity index (χ4v) is 6.11. The van der Waals surface area contributed by atoms with Gasteiger partial charge in [-0.25, -0.2) is 4.98 Å². The van der Waals surface area contributed by atoms with Crippen molar-refractivity contribution in [3.05, 3.63) is 71.2 Å². The summed E-state index contributed by atoms with van der Waals surface area (Å²) in [6.07, 6.45) is 3.54. The van der Waals surface area contributed by atoms with E-state index in [1.54, 1.807) is 41.3 Å². The fraction of sp³-hybridized carbons (Fsp3) is 0.357. The molecule has 200 valence electrons. The molecule has 1 aromatic carbocycles. The Bertz CT molecular complexity index is 1430. The standard InChI is InChI=1S/C28H28FN7O3/c1-35(2)23-10-9-22(33-34-23)32-25(37)20-7-8-21(29)31-24(20)30-17-13-28(14-17)11-16(12-28)15-36-26(38)18-5-3-4-6-19(18)27(36)39/h3-10,16-17H,11-15H2,1-2H3,(H,30,31)(H,32,33,37). The van der Waals surface area contributed by atoms with E-state index in [0.717, 1.165) is 31.7 Å². The van der Waals surface area contributed by atoms with E-state index in [9.17, 15) is 18.8 Å². The van der Waals surface area contributed by atoms with Crippen molar-refractivity contribution in [1.82, 2.24) is 20.1 Å². The van der Waals surface area contributed by atoms with Gasteiger partial charge in [-0.05, 0) is 73.4 Å². The SMILES string of the molecule is CN(C)c1ccc(NC(=O)c2ccc(F)nc2NC2CC3(CC(CN4C(=O)c5ccccc5C4=O)C3)C2)nn1. The predicted molar refractivity (Wildman–Crippen MR) is 142 cm³/mol. The summed E-state index contributed by atoms with van der Waals surface area (Å²) in [7, 11) is 3.68. The van der Waals surface area contributed by atoms with Gasteiger partial charge in [-0.3, -0.25) is 19.3 Å². The largest absolute Gasteiger partial charge is 0.367 e. The Morgan fingerprint density at radius 2 is 1.69 bits per heavy atom. The third-order valence-corrected chi connectivity index (χ3v) is 7.92. The smallest absolute Gasteiger partial charge is 0.261 e. The zero-order chi connectivity index (χ0) is 27.3. The van der Waals surface area contributed by atoms with Crippen LogP contribution in [0.1, 0.15) is 56.8 Å². The van der Waals surface area contributed by atoms with Crippen molar-refractivity contribution in [2.75, 3.05) is 36.2 Å². The van der Waals surface area contributed by atoms with E-state index < -0.39 is 11.9 Å². The van der Waals surface area contributed by atoms with Crippen molar-refractivity contribution < 1.29 is 18.8 Å². The number of hydrogen-bond donors (Lipinski definition) is 2. The van der Waals surface area contributed by atoms with E-state index in [1.807, 2.05) is 14.1 Å². The lowest BCUT2D eigenvalue weighted by Gasteiger charge is -2.58. The van der Waals surface area contributed by atoms with Crippen LogP contribution in [0.15, 0.2) is 48.5 Å². The van der Waals surface area contributed by atoms with Crippen LogP contribution in [0.25, 0.3) is 0 Å². The first-order chi connectivity index (χ1) is 18.7. The Labute approximate surface area is 224 Å². The monoisotopic (exact) mass is 529 g/mol. The molecule has 39 heavy (non-hydrogen) atoms. The Balaban J connectivity index is 1.04. The number of benzene rings is 1. The molecule has 0 bridgehead atoms. The van der Waals surface area contributed by atoms with Crippen LogP contribution < -0.4 is 15.5 Å². The Kier molecular flexibility index (Phi) is 6.00. The maximum Gasteiger partial charge on any atom is 0.261 e. The summed E-state index contributed by atoms with van der Waals surface area (Å²) in [6, 6.07) is 12.9. The molecule has 2 fully saturated rings. The van der Waals surface area contributed by atoms with Crippen molar-refractivity contribution in [1.29, 1.82) is 0 Å². The summed E-state index contributed by atoms with van der Waals surface area (Å²) in [6.45, 7) is 0.431. The molecule has 1 aliphatic heterocycles. The Hall–Kier alpha value is -4.41. The number of imide groups is 1. The van der Waals surface area contributed by atoms with Crippen molar-refractivity contribution in [2.45, 2.75) is 31.7 Å². The summed E-state index contributed by atoms with van der Waals surface area (Å²) >= 11 is 0. The molecule has 2 N–H and O–H groups in total. The minimum absolute atomic E-state index is 0.0465. The van der Waals surface area contributed by atoms with Crippen molar-refractivity contribution in [3.63, 3.8) is 0 Å². The van der Waals surface area contributed by atoms with Gasteiger partial charge in [-0.15, -0.1) is 10.2 Å². The number of amides is 3.